The zero-order chi connectivity index (χ0) is 30.4. The monoisotopic (exact) mass is 592 g/mol. The van der Waals surface area contributed by atoms with Crippen LogP contribution in [0.15, 0.2) is 85.1 Å². The Labute approximate surface area is 252 Å². The minimum Gasteiger partial charge on any atom is -0.486 e. The molecule has 4 aromatic carbocycles. The molecule has 2 aliphatic rings. The van der Waals surface area contributed by atoms with E-state index in [1.165, 1.54) is 17.0 Å². The van der Waals surface area contributed by atoms with E-state index in [9.17, 15) is 19.1 Å². The molecule has 0 radical (unpaired) electrons. The minimum atomic E-state index is -1.09. The van der Waals surface area contributed by atoms with Crippen molar-refractivity contribution in [1.82, 2.24) is 14.5 Å². The normalized spacial score (nSPS) is 16.3. The highest BCUT2D eigenvalue weighted by Crippen LogP contribution is 2.34. The Kier molecular flexibility index (Phi) is 6.88. The van der Waals surface area contributed by atoms with Gasteiger partial charge < -0.3 is 24.4 Å². The van der Waals surface area contributed by atoms with Crippen molar-refractivity contribution in [3.8, 4) is 28.6 Å². The number of nitrogens with zero attached hydrogens (tertiary/aromatic N) is 4. The summed E-state index contributed by atoms with van der Waals surface area (Å²) < 4.78 is 26.9. The number of rotatable bonds is 5. The molecule has 1 saturated heterocycles. The lowest BCUT2D eigenvalue weighted by Crippen LogP contribution is -2.58. The Hall–Kier alpha value is -5.38. The number of piperazine rings is 1. The van der Waals surface area contributed by atoms with Gasteiger partial charge >= 0.3 is 5.97 Å². The number of aromatic nitrogens is 2. The van der Waals surface area contributed by atoms with E-state index in [0.717, 1.165) is 22.0 Å². The van der Waals surface area contributed by atoms with Crippen LogP contribution in [0.5, 0.6) is 11.5 Å². The average Bonchev–Trinajstić information content (AvgIpc) is 3.50. The molecule has 10 heteroatoms. The number of carbonyl (C=O) groups is 2. The SMILES string of the molecule is Cc1cc(N2CCN(C(=O)c3cn(-c4ccc5c(c4)OCCO5)c(-c4ccc(F)cc4)n3)C(C(=O)O)C2)cc2ccccc12. The van der Waals surface area contributed by atoms with Crippen molar-refractivity contribution in [3.05, 3.63) is 102 Å². The van der Waals surface area contributed by atoms with Crippen molar-refractivity contribution in [2.45, 2.75) is 13.0 Å². The number of anilines is 1. The van der Waals surface area contributed by atoms with Crippen LogP contribution in [0.1, 0.15) is 16.1 Å². The van der Waals surface area contributed by atoms with Crippen molar-refractivity contribution >= 4 is 28.3 Å². The maximum absolute atomic E-state index is 14.0. The largest absolute Gasteiger partial charge is 0.486 e. The van der Waals surface area contributed by atoms with Crippen LogP contribution in [0.3, 0.4) is 0 Å². The summed E-state index contributed by atoms with van der Waals surface area (Å²) in [5.74, 6) is -0.402. The third-order valence-corrected chi connectivity index (χ3v) is 8.18. The molecule has 1 fully saturated rings. The van der Waals surface area contributed by atoms with E-state index in [1.807, 2.05) is 36.1 Å². The number of imidazole rings is 1. The van der Waals surface area contributed by atoms with Crippen molar-refractivity contribution in [3.63, 3.8) is 0 Å². The van der Waals surface area contributed by atoms with Crippen molar-refractivity contribution in [2.24, 2.45) is 0 Å². The lowest BCUT2D eigenvalue weighted by molar-refractivity contribution is -0.142. The molecular weight excluding hydrogens is 563 g/mol. The third-order valence-electron chi connectivity index (χ3n) is 8.18. The first-order valence-electron chi connectivity index (χ1n) is 14.4. The quantitative estimate of drug-likeness (QED) is 0.295. The van der Waals surface area contributed by atoms with E-state index in [0.29, 0.717) is 48.3 Å². The summed E-state index contributed by atoms with van der Waals surface area (Å²) in [5.41, 5.74) is 3.35. The molecule has 0 aliphatic carbocycles. The van der Waals surface area contributed by atoms with E-state index >= 15 is 0 Å². The Bertz CT molecular complexity index is 1900. The molecular formula is C34H29FN4O5. The van der Waals surface area contributed by atoms with Gasteiger partial charge in [-0.1, -0.05) is 24.3 Å². The lowest BCUT2D eigenvalue weighted by atomic mass is 10.0. The van der Waals surface area contributed by atoms with Gasteiger partial charge in [-0.05, 0) is 71.8 Å². The molecule has 1 unspecified atom stereocenters. The Morgan fingerprint density at radius 2 is 1.68 bits per heavy atom. The summed E-state index contributed by atoms with van der Waals surface area (Å²) in [6.45, 7) is 3.70. The van der Waals surface area contributed by atoms with E-state index in [-0.39, 0.29) is 18.8 Å². The van der Waals surface area contributed by atoms with E-state index in [1.54, 1.807) is 35.0 Å². The van der Waals surface area contributed by atoms with E-state index < -0.39 is 23.7 Å². The summed E-state index contributed by atoms with van der Waals surface area (Å²) in [6, 6.07) is 22.3. The van der Waals surface area contributed by atoms with Crippen LogP contribution in [0.2, 0.25) is 0 Å². The Morgan fingerprint density at radius 3 is 2.48 bits per heavy atom. The second-order valence-electron chi connectivity index (χ2n) is 10.9. The molecule has 2 aliphatic heterocycles. The van der Waals surface area contributed by atoms with E-state index in [2.05, 4.69) is 23.2 Å². The molecule has 1 amide bonds. The zero-order valence-electron chi connectivity index (χ0n) is 23.9. The number of ether oxygens (including phenoxy) is 2. The maximum atomic E-state index is 14.0. The van der Waals surface area contributed by atoms with Gasteiger partial charge in [-0.3, -0.25) is 9.36 Å². The van der Waals surface area contributed by atoms with Gasteiger partial charge in [0.15, 0.2) is 11.5 Å². The molecule has 7 rings (SSSR count). The molecule has 1 aromatic heterocycles. The minimum absolute atomic E-state index is 0.0838. The van der Waals surface area contributed by atoms with Gasteiger partial charge in [-0.25, -0.2) is 14.2 Å². The fourth-order valence-corrected chi connectivity index (χ4v) is 5.95. The number of aryl methyl sites for hydroxylation is 1. The predicted molar refractivity (Wildman–Crippen MR) is 163 cm³/mol. The summed E-state index contributed by atoms with van der Waals surface area (Å²) >= 11 is 0. The number of hydrogen-bond acceptors (Lipinski definition) is 6. The Morgan fingerprint density at radius 1 is 0.909 bits per heavy atom. The molecule has 1 atom stereocenters. The summed E-state index contributed by atoms with van der Waals surface area (Å²) in [5, 5.41) is 12.5. The van der Waals surface area contributed by atoms with Gasteiger partial charge in [0.05, 0.1) is 5.69 Å². The van der Waals surface area contributed by atoms with Crippen LogP contribution < -0.4 is 14.4 Å². The summed E-state index contributed by atoms with van der Waals surface area (Å²) in [7, 11) is 0. The highest BCUT2D eigenvalue weighted by atomic mass is 19.1. The van der Waals surface area contributed by atoms with Gasteiger partial charge in [-0.15, -0.1) is 0 Å². The fourth-order valence-electron chi connectivity index (χ4n) is 5.95. The first-order valence-corrected chi connectivity index (χ1v) is 14.4. The molecule has 0 spiro atoms. The number of fused-ring (bicyclic) bond motifs is 2. The predicted octanol–water partition coefficient (Wildman–Crippen LogP) is 5.33. The van der Waals surface area contributed by atoms with Crippen molar-refractivity contribution < 1.29 is 28.6 Å². The molecule has 5 aromatic rings. The fraction of sp³-hybridized carbons (Fsp3) is 0.206. The molecule has 3 heterocycles. The zero-order valence-corrected chi connectivity index (χ0v) is 23.9. The highest BCUT2D eigenvalue weighted by Gasteiger charge is 2.37. The average molecular weight is 593 g/mol. The second kappa shape index (κ2) is 11.0. The number of halogens is 1. The standard InChI is InChI=1S/C34H29FN4O5/c1-21-16-26(17-23-4-2-3-5-27(21)23)37-12-13-38(29(20-37)34(41)42)33(40)28-19-39(32(36-28)22-6-8-24(35)9-7-22)25-10-11-30-31(18-25)44-15-14-43-30/h2-11,16-19,29H,12-15,20H2,1H3,(H,41,42). The van der Waals surface area contributed by atoms with E-state index in [4.69, 9.17) is 9.47 Å². The van der Waals surface area contributed by atoms with Crippen LogP contribution in [0.25, 0.3) is 27.8 Å². The molecule has 44 heavy (non-hydrogen) atoms. The summed E-state index contributed by atoms with van der Waals surface area (Å²) in [6.07, 6.45) is 1.59. The molecule has 222 valence electrons. The van der Waals surface area contributed by atoms with Gasteiger partial charge in [-0.2, -0.15) is 0 Å². The highest BCUT2D eigenvalue weighted by molar-refractivity contribution is 5.96. The number of carboxylic acid groups (broad SMARTS) is 1. The van der Waals surface area contributed by atoms with Gasteiger partial charge in [0.1, 0.15) is 36.6 Å². The lowest BCUT2D eigenvalue weighted by Gasteiger charge is -2.40. The number of aliphatic carboxylic acids is 1. The number of amides is 1. The maximum Gasteiger partial charge on any atom is 0.328 e. The van der Waals surface area contributed by atoms with Gasteiger partial charge in [0.2, 0.25) is 0 Å². The van der Waals surface area contributed by atoms with Crippen LogP contribution >= 0.6 is 0 Å². The molecule has 1 N–H and O–H groups in total. The van der Waals surface area contributed by atoms with Crippen LogP contribution in [0.4, 0.5) is 10.1 Å². The number of benzene rings is 4. The third kappa shape index (κ3) is 4.98. The smallest absolute Gasteiger partial charge is 0.328 e. The van der Waals surface area contributed by atoms with Crippen LogP contribution in [-0.2, 0) is 4.79 Å². The van der Waals surface area contributed by atoms with Gasteiger partial charge in [0, 0.05) is 43.1 Å². The van der Waals surface area contributed by atoms with Crippen LogP contribution in [0, 0.1) is 12.7 Å². The molecule has 0 saturated carbocycles. The first-order chi connectivity index (χ1) is 21.4. The van der Waals surface area contributed by atoms with Crippen molar-refractivity contribution in [2.75, 3.05) is 37.7 Å². The second-order valence-corrected chi connectivity index (χ2v) is 10.9. The topological polar surface area (TPSA) is 97.1 Å². The molecule has 0 bridgehead atoms. The Balaban J connectivity index is 1.22. The van der Waals surface area contributed by atoms with Crippen LogP contribution in [-0.4, -0.2) is 70.3 Å². The number of carbonyl (C=O) groups excluding carboxylic acids is 1. The first kappa shape index (κ1) is 27.5. The molecule has 9 nitrogen and oxygen atoms in total. The van der Waals surface area contributed by atoms with Crippen molar-refractivity contribution in [1.29, 1.82) is 0 Å². The summed E-state index contributed by atoms with van der Waals surface area (Å²) in [4.78, 5) is 34.5. The van der Waals surface area contributed by atoms with Gasteiger partial charge in [0.25, 0.3) is 5.91 Å². The number of carboxylic acids is 1. The number of hydrogen-bond donors (Lipinski definition) is 1.